The molecular weight excluding hydrogens is 322 g/mol. The van der Waals surface area contributed by atoms with E-state index >= 15 is 0 Å². The molecule has 0 spiro atoms. The minimum absolute atomic E-state index is 0.113. The van der Waals surface area contributed by atoms with Gasteiger partial charge in [0.15, 0.2) is 0 Å². The van der Waals surface area contributed by atoms with Crippen LogP contribution in [0.2, 0.25) is 5.02 Å². The number of ether oxygens (including phenoxy) is 2. The van der Waals surface area contributed by atoms with Crippen LogP contribution in [0.4, 0.5) is 5.69 Å². The van der Waals surface area contributed by atoms with Crippen molar-refractivity contribution in [2.24, 2.45) is 11.8 Å². The highest BCUT2D eigenvalue weighted by molar-refractivity contribution is 6.34. The number of hydrogen-bond acceptors (Lipinski definition) is 5. The molecule has 0 radical (unpaired) electrons. The Morgan fingerprint density at radius 2 is 1.78 bits per heavy atom. The van der Waals surface area contributed by atoms with Crippen LogP contribution in [0.5, 0.6) is 0 Å². The van der Waals surface area contributed by atoms with Crippen LogP contribution < -0.4 is 4.90 Å². The van der Waals surface area contributed by atoms with E-state index < -0.39 is 17.8 Å². The van der Waals surface area contributed by atoms with Crippen molar-refractivity contribution in [3.63, 3.8) is 0 Å². The smallest absolute Gasteiger partial charge is 0.339 e. The van der Waals surface area contributed by atoms with Crippen LogP contribution >= 0.6 is 11.6 Å². The maximum Gasteiger partial charge on any atom is 0.339 e. The van der Waals surface area contributed by atoms with Gasteiger partial charge in [-0.05, 0) is 18.2 Å². The van der Waals surface area contributed by atoms with Gasteiger partial charge in [0.2, 0.25) is 11.8 Å². The minimum Gasteiger partial charge on any atom is -0.465 e. The first kappa shape index (κ1) is 14.4. The molecule has 2 bridgehead atoms. The van der Waals surface area contributed by atoms with Crippen LogP contribution in [0.1, 0.15) is 10.4 Å². The Bertz CT molecular complexity index is 744. The summed E-state index contributed by atoms with van der Waals surface area (Å²) < 4.78 is 10.3. The highest BCUT2D eigenvalue weighted by Gasteiger charge is 2.61. The van der Waals surface area contributed by atoms with Crippen molar-refractivity contribution >= 4 is 35.1 Å². The van der Waals surface area contributed by atoms with Crippen molar-refractivity contribution < 1.29 is 23.9 Å². The molecule has 0 unspecified atom stereocenters. The van der Waals surface area contributed by atoms with Gasteiger partial charge in [0.05, 0.1) is 47.4 Å². The van der Waals surface area contributed by atoms with Gasteiger partial charge >= 0.3 is 5.97 Å². The van der Waals surface area contributed by atoms with Crippen LogP contribution in [0.3, 0.4) is 0 Å². The molecule has 0 aliphatic carbocycles. The van der Waals surface area contributed by atoms with Crippen LogP contribution in [0.25, 0.3) is 0 Å². The molecule has 2 saturated heterocycles. The molecule has 0 saturated carbocycles. The molecule has 3 heterocycles. The first-order valence-electron chi connectivity index (χ1n) is 7.12. The Morgan fingerprint density at radius 1 is 1.17 bits per heavy atom. The monoisotopic (exact) mass is 333 g/mol. The molecule has 3 aliphatic rings. The van der Waals surface area contributed by atoms with Crippen LogP contribution in [-0.2, 0) is 19.1 Å². The highest BCUT2D eigenvalue weighted by atomic mass is 35.5. The van der Waals surface area contributed by atoms with Crippen molar-refractivity contribution in [2.75, 3.05) is 12.0 Å². The molecule has 2 fully saturated rings. The standard InChI is InChI=1S/C16H12ClNO5/c1-22-16(21)8-6-7(2-3-9(8)17)18-14(19)12-10-4-5-11(23-10)13(12)15(18)20/h2-6,10-13H,1H3/t10-,11-,12-,13-/m0/s1. The Balaban J connectivity index is 1.73. The number of methoxy groups -OCH3 is 1. The number of anilines is 1. The lowest BCUT2D eigenvalue weighted by Gasteiger charge is -2.18. The van der Waals surface area contributed by atoms with Gasteiger partial charge in [-0.1, -0.05) is 23.8 Å². The number of halogens is 1. The number of hydrogen-bond donors (Lipinski definition) is 0. The van der Waals surface area contributed by atoms with Crippen molar-refractivity contribution in [2.45, 2.75) is 12.2 Å². The average Bonchev–Trinajstić information content (AvgIpc) is 3.22. The molecule has 118 valence electrons. The van der Waals surface area contributed by atoms with E-state index in [4.69, 9.17) is 16.3 Å². The number of benzene rings is 1. The molecule has 4 rings (SSSR count). The number of fused-ring (bicyclic) bond motifs is 5. The predicted molar refractivity (Wildman–Crippen MR) is 80.1 cm³/mol. The molecule has 3 aliphatic heterocycles. The summed E-state index contributed by atoms with van der Waals surface area (Å²) >= 11 is 5.98. The van der Waals surface area contributed by atoms with Gasteiger partial charge in [-0.2, -0.15) is 0 Å². The Hall–Kier alpha value is -2.18. The number of carbonyl (C=O) groups excluding carboxylic acids is 3. The minimum atomic E-state index is -0.624. The highest BCUT2D eigenvalue weighted by Crippen LogP contribution is 2.46. The normalized spacial score (nSPS) is 31.0. The van der Waals surface area contributed by atoms with Crippen molar-refractivity contribution in [1.82, 2.24) is 0 Å². The number of carbonyl (C=O) groups is 3. The maximum atomic E-state index is 12.7. The van der Waals surface area contributed by atoms with Crippen LogP contribution in [0, 0.1) is 11.8 Å². The second-order valence-electron chi connectivity index (χ2n) is 5.67. The third kappa shape index (κ3) is 1.88. The second-order valence-corrected chi connectivity index (χ2v) is 6.08. The Kier molecular flexibility index (Phi) is 3.08. The predicted octanol–water partition coefficient (Wildman–Crippen LogP) is 1.57. The fourth-order valence-electron chi connectivity index (χ4n) is 3.48. The fourth-order valence-corrected chi connectivity index (χ4v) is 3.67. The summed E-state index contributed by atoms with van der Waals surface area (Å²) in [6.45, 7) is 0. The third-order valence-corrected chi connectivity index (χ3v) is 4.85. The molecule has 4 atom stereocenters. The van der Waals surface area contributed by atoms with E-state index in [1.807, 2.05) is 12.2 Å². The molecule has 6 nitrogen and oxygen atoms in total. The summed E-state index contributed by atoms with van der Waals surface area (Å²) in [6.07, 6.45) is 2.95. The van der Waals surface area contributed by atoms with Crippen LogP contribution in [-0.4, -0.2) is 37.1 Å². The van der Waals surface area contributed by atoms with Gasteiger partial charge in [-0.3, -0.25) is 9.59 Å². The number of imide groups is 1. The zero-order valence-corrected chi connectivity index (χ0v) is 12.8. The van der Waals surface area contributed by atoms with Crippen molar-refractivity contribution in [3.05, 3.63) is 40.9 Å². The zero-order valence-electron chi connectivity index (χ0n) is 12.1. The lowest BCUT2D eigenvalue weighted by Crippen LogP contribution is -2.34. The summed E-state index contributed by atoms with van der Waals surface area (Å²) in [5.74, 6) is -2.23. The molecule has 1 aromatic carbocycles. The Labute approximate surface area is 136 Å². The van der Waals surface area contributed by atoms with Gasteiger partial charge in [-0.15, -0.1) is 0 Å². The van der Waals surface area contributed by atoms with E-state index in [-0.39, 0.29) is 34.6 Å². The lowest BCUT2D eigenvalue weighted by molar-refractivity contribution is -0.124. The zero-order chi connectivity index (χ0) is 16.3. The summed E-state index contributed by atoms with van der Waals surface area (Å²) in [6, 6.07) is 4.42. The number of esters is 1. The Morgan fingerprint density at radius 3 is 2.35 bits per heavy atom. The van der Waals surface area contributed by atoms with E-state index in [1.165, 1.54) is 19.2 Å². The SMILES string of the molecule is COC(=O)c1cc(N2C(=O)[C@@H]3[C@@H](C2=O)[C@@H]2C=C[C@@H]3O2)ccc1Cl. The number of amides is 2. The summed E-state index contributed by atoms with van der Waals surface area (Å²) in [4.78, 5) is 38.2. The lowest BCUT2D eigenvalue weighted by atomic mass is 9.85. The number of rotatable bonds is 2. The van der Waals surface area contributed by atoms with Crippen molar-refractivity contribution in [1.29, 1.82) is 0 Å². The summed E-state index contributed by atoms with van der Waals surface area (Å²) in [5.41, 5.74) is 0.431. The number of nitrogens with zero attached hydrogens (tertiary/aromatic N) is 1. The second kappa shape index (κ2) is 4.91. The molecule has 0 aromatic heterocycles. The molecular formula is C16H12ClNO5. The molecule has 0 N–H and O–H groups in total. The van der Waals surface area contributed by atoms with E-state index in [0.29, 0.717) is 5.69 Å². The third-order valence-electron chi connectivity index (χ3n) is 4.52. The first-order valence-corrected chi connectivity index (χ1v) is 7.50. The van der Waals surface area contributed by atoms with Gasteiger partial charge in [-0.25, -0.2) is 9.69 Å². The van der Waals surface area contributed by atoms with E-state index in [0.717, 1.165) is 4.90 Å². The van der Waals surface area contributed by atoms with E-state index in [9.17, 15) is 14.4 Å². The summed E-state index contributed by atoms with van der Waals surface area (Å²) in [7, 11) is 1.24. The quantitative estimate of drug-likeness (QED) is 0.466. The molecule has 23 heavy (non-hydrogen) atoms. The fraction of sp³-hybridized carbons (Fsp3) is 0.312. The largest absolute Gasteiger partial charge is 0.465 e. The van der Waals surface area contributed by atoms with Crippen LogP contribution in [0.15, 0.2) is 30.4 Å². The molecule has 2 amide bonds. The van der Waals surface area contributed by atoms with Gasteiger partial charge < -0.3 is 9.47 Å². The van der Waals surface area contributed by atoms with E-state index in [2.05, 4.69) is 4.74 Å². The topological polar surface area (TPSA) is 72.9 Å². The van der Waals surface area contributed by atoms with E-state index in [1.54, 1.807) is 6.07 Å². The summed E-state index contributed by atoms with van der Waals surface area (Å²) in [5, 5.41) is 0.199. The molecule has 7 heteroatoms. The van der Waals surface area contributed by atoms with Crippen molar-refractivity contribution in [3.8, 4) is 0 Å². The first-order chi connectivity index (χ1) is 11.0. The van der Waals surface area contributed by atoms with Gasteiger partial charge in [0.25, 0.3) is 0 Å². The maximum absolute atomic E-state index is 12.7. The average molecular weight is 334 g/mol. The van der Waals surface area contributed by atoms with Gasteiger partial charge in [0, 0.05) is 0 Å². The van der Waals surface area contributed by atoms with Gasteiger partial charge in [0.1, 0.15) is 0 Å². The molecule has 1 aromatic rings.